The van der Waals surface area contributed by atoms with Crippen molar-refractivity contribution in [1.29, 1.82) is 0 Å². The first-order valence-electron chi connectivity index (χ1n) is 4.59. The predicted octanol–water partition coefficient (Wildman–Crippen LogP) is 0.405. The van der Waals surface area contributed by atoms with E-state index in [9.17, 15) is 9.59 Å². The molecule has 0 aromatic carbocycles. The van der Waals surface area contributed by atoms with Crippen LogP contribution in [0.3, 0.4) is 0 Å². The molecule has 0 aliphatic carbocycles. The Hall–Kier alpha value is -2.37. The molecule has 0 unspecified atom stereocenters. The smallest absolute Gasteiger partial charge is 0.406 e. The maximum atomic E-state index is 10.9. The van der Waals surface area contributed by atoms with E-state index in [0.717, 1.165) is 5.56 Å². The SMILES string of the molecule is NC(=O)CC=Cc1cnc2[nH]c(=O)oc2c1. The molecular formula is C10H9N3O3. The van der Waals surface area contributed by atoms with E-state index in [0.29, 0.717) is 11.2 Å². The van der Waals surface area contributed by atoms with Crippen molar-refractivity contribution in [3.8, 4) is 0 Å². The monoisotopic (exact) mass is 219 g/mol. The maximum Gasteiger partial charge on any atom is 0.418 e. The number of pyridine rings is 1. The minimum atomic E-state index is -0.541. The molecule has 1 amide bonds. The van der Waals surface area contributed by atoms with E-state index in [1.54, 1.807) is 24.4 Å². The third-order valence-electron chi connectivity index (χ3n) is 1.93. The molecule has 6 heteroatoms. The standard InChI is InChI=1S/C10H9N3O3/c11-8(14)3-1-2-6-4-7-9(12-5-6)13-10(15)16-7/h1-2,4-5H,3H2,(H2,11,14)(H,12,13,15). The molecule has 2 rings (SSSR count). The molecule has 0 aliphatic rings. The number of carbonyl (C=O) groups is 1. The van der Waals surface area contributed by atoms with Crippen LogP contribution in [0.2, 0.25) is 0 Å². The van der Waals surface area contributed by atoms with Crippen molar-refractivity contribution >= 4 is 23.2 Å². The second kappa shape index (κ2) is 4.01. The average molecular weight is 219 g/mol. The number of fused-ring (bicyclic) bond motifs is 1. The number of primary amides is 1. The van der Waals surface area contributed by atoms with E-state index in [1.165, 1.54) is 0 Å². The summed E-state index contributed by atoms with van der Waals surface area (Å²) in [4.78, 5) is 27.8. The molecule has 2 aromatic rings. The third-order valence-corrected chi connectivity index (χ3v) is 1.93. The van der Waals surface area contributed by atoms with Gasteiger partial charge in [-0.3, -0.25) is 9.78 Å². The van der Waals surface area contributed by atoms with Crippen molar-refractivity contribution in [2.45, 2.75) is 6.42 Å². The topological polar surface area (TPSA) is 102 Å². The Bertz CT molecular complexity index is 609. The molecule has 3 N–H and O–H groups in total. The normalized spacial score (nSPS) is 11.2. The van der Waals surface area contributed by atoms with Gasteiger partial charge in [-0.1, -0.05) is 12.2 Å². The number of nitrogens with zero attached hydrogens (tertiary/aromatic N) is 1. The highest BCUT2D eigenvalue weighted by Crippen LogP contribution is 2.10. The first-order chi connectivity index (χ1) is 7.65. The highest BCUT2D eigenvalue weighted by atomic mass is 16.4. The van der Waals surface area contributed by atoms with E-state index in [4.69, 9.17) is 10.2 Å². The van der Waals surface area contributed by atoms with Crippen LogP contribution < -0.4 is 11.5 Å². The number of amides is 1. The van der Waals surface area contributed by atoms with Crippen molar-refractivity contribution < 1.29 is 9.21 Å². The second-order valence-corrected chi connectivity index (χ2v) is 3.20. The number of rotatable bonds is 3. The molecule has 0 spiro atoms. The fourth-order valence-corrected chi connectivity index (χ4v) is 1.26. The van der Waals surface area contributed by atoms with Crippen LogP contribution in [-0.2, 0) is 4.79 Å². The zero-order chi connectivity index (χ0) is 11.5. The number of nitrogens with two attached hydrogens (primary N) is 1. The van der Waals surface area contributed by atoms with Gasteiger partial charge in [-0.25, -0.2) is 9.78 Å². The van der Waals surface area contributed by atoms with E-state index in [2.05, 4.69) is 9.97 Å². The summed E-state index contributed by atoms with van der Waals surface area (Å²) in [6, 6.07) is 1.65. The van der Waals surface area contributed by atoms with Gasteiger partial charge >= 0.3 is 5.76 Å². The van der Waals surface area contributed by atoms with Gasteiger partial charge in [0.2, 0.25) is 5.91 Å². The highest BCUT2D eigenvalue weighted by Gasteiger charge is 2.01. The Labute approximate surface area is 89.8 Å². The van der Waals surface area contributed by atoms with E-state index in [-0.39, 0.29) is 6.42 Å². The van der Waals surface area contributed by atoms with Crippen molar-refractivity contribution in [2.75, 3.05) is 0 Å². The molecule has 6 nitrogen and oxygen atoms in total. The molecule has 0 fully saturated rings. The fourth-order valence-electron chi connectivity index (χ4n) is 1.26. The zero-order valence-electron chi connectivity index (χ0n) is 8.27. The van der Waals surface area contributed by atoms with Gasteiger partial charge < -0.3 is 10.2 Å². The van der Waals surface area contributed by atoms with Crippen LogP contribution in [-0.4, -0.2) is 15.9 Å². The molecule has 0 atom stereocenters. The highest BCUT2D eigenvalue weighted by molar-refractivity contribution is 5.77. The van der Waals surface area contributed by atoms with Gasteiger partial charge in [0.1, 0.15) is 0 Å². The Kier molecular flexibility index (Phi) is 2.55. The Balaban J connectivity index is 2.28. The van der Waals surface area contributed by atoms with Crippen molar-refractivity contribution in [1.82, 2.24) is 9.97 Å². The maximum absolute atomic E-state index is 10.9. The van der Waals surface area contributed by atoms with Crippen LogP contribution in [0.25, 0.3) is 17.3 Å². The molecule has 16 heavy (non-hydrogen) atoms. The number of hydrogen-bond donors (Lipinski definition) is 2. The van der Waals surface area contributed by atoms with Crippen molar-refractivity contribution in [3.05, 3.63) is 34.5 Å². The summed E-state index contributed by atoms with van der Waals surface area (Å²) in [7, 11) is 0. The second-order valence-electron chi connectivity index (χ2n) is 3.20. The van der Waals surface area contributed by atoms with Crippen LogP contribution in [0.1, 0.15) is 12.0 Å². The van der Waals surface area contributed by atoms with Crippen LogP contribution >= 0.6 is 0 Å². The summed E-state index contributed by atoms with van der Waals surface area (Å²) < 4.78 is 4.84. The van der Waals surface area contributed by atoms with Gasteiger partial charge in [0.05, 0.1) is 0 Å². The zero-order valence-corrected chi connectivity index (χ0v) is 8.27. The molecule has 0 bridgehead atoms. The van der Waals surface area contributed by atoms with Crippen LogP contribution in [0.4, 0.5) is 0 Å². The summed E-state index contributed by atoms with van der Waals surface area (Å²) in [6.45, 7) is 0. The van der Waals surface area contributed by atoms with Crippen LogP contribution in [0.5, 0.6) is 0 Å². The number of aromatic amines is 1. The van der Waals surface area contributed by atoms with Crippen molar-refractivity contribution in [3.63, 3.8) is 0 Å². The number of oxazole rings is 1. The lowest BCUT2D eigenvalue weighted by Gasteiger charge is -1.91. The first-order valence-corrected chi connectivity index (χ1v) is 4.59. The molecule has 0 saturated carbocycles. The Morgan fingerprint density at radius 2 is 2.44 bits per heavy atom. The molecule has 0 saturated heterocycles. The summed E-state index contributed by atoms with van der Waals surface area (Å²) in [6.07, 6.45) is 5.03. The number of carbonyl (C=O) groups excluding carboxylic acids is 1. The first kappa shape index (κ1) is 10.2. The summed E-state index contributed by atoms with van der Waals surface area (Å²) >= 11 is 0. The molecule has 2 heterocycles. The summed E-state index contributed by atoms with van der Waals surface area (Å²) in [5.74, 6) is -0.945. The predicted molar refractivity (Wildman–Crippen MR) is 57.5 cm³/mol. The number of H-pyrrole nitrogens is 1. The lowest BCUT2D eigenvalue weighted by molar-refractivity contribution is -0.117. The molecule has 2 aromatic heterocycles. The summed E-state index contributed by atoms with van der Waals surface area (Å²) in [5, 5.41) is 0. The van der Waals surface area contributed by atoms with Crippen LogP contribution in [0, 0.1) is 0 Å². The summed E-state index contributed by atoms with van der Waals surface area (Å²) in [5.41, 5.74) is 6.49. The third kappa shape index (κ3) is 2.17. The Morgan fingerprint density at radius 1 is 1.62 bits per heavy atom. The fraction of sp³-hybridized carbons (Fsp3) is 0.100. The Morgan fingerprint density at radius 3 is 3.19 bits per heavy atom. The van der Waals surface area contributed by atoms with E-state index < -0.39 is 11.7 Å². The quantitative estimate of drug-likeness (QED) is 0.780. The van der Waals surface area contributed by atoms with Crippen LogP contribution in [0.15, 0.2) is 27.6 Å². The van der Waals surface area contributed by atoms with E-state index >= 15 is 0 Å². The molecular weight excluding hydrogens is 210 g/mol. The molecule has 0 radical (unpaired) electrons. The van der Waals surface area contributed by atoms with Gasteiger partial charge in [-0.05, 0) is 11.6 Å². The van der Waals surface area contributed by atoms with Gasteiger partial charge in [0.25, 0.3) is 0 Å². The van der Waals surface area contributed by atoms with Gasteiger partial charge in [-0.15, -0.1) is 0 Å². The average Bonchev–Trinajstić information content (AvgIpc) is 2.56. The van der Waals surface area contributed by atoms with Gasteiger partial charge in [-0.2, -0.15) is 0 Å². The van der Waals surface area contributed by atoms with E-state index in [1.807, 2.05) is 0 Å². The largest absolute Gasteiger partial charge is 0.418 e. The lowest BCUT2D eigenvalue weighted by Crippen LogP contribution is -2.07. The number of aromatic nitrogens is 2. The lowest BCUT2D eigenvalue weighted by atomic mass is 10.2. The minimum absolute atomic E-state index is 0.162. The number of hydrogen-bond acceptors (Lipinski definition) is 4. The van der Waals surface area contributed by atoms with Gasteiger partial charge in [0.15, 0.2) is 11.2 Å². The molecule has 0 aliphatic heterocycles. The van der Waals surface area contributed by atoms with Crippen molar-refractivity contribution in [2.24, 2.45) is 5.73 Å². The van der Waals surface area contributed by atoms with Gasteiger partial charge in [0, 0.05) is 12.6 Å². The minimum Gasteiger partial charge on any atom is -0.406 e. The molecule has 82 valence electrons. The number of nitrogens with one attached hydrogen (secondary N) is 1.